The van der Waals surface area contributed by atoms with Crippen LogP contribution in [0.5, 0.6) is 11.5 Å². The van der Waals surface area contributed by atoms with E-state index in [1.54, 1.807) is 12.3 Å². The van der Waals surface area contributed by atoms with Gasteiger partial charge in [-0.3, -0.25) is 0 Å². The first-order valence-electron chi connectivity index (χ1n) is 7.08. The number of H-pyrrole nitrogens is 1. The minimum Gasteiger partial charge on any atom is -0.491 e. The van der Waals surface area contributed by atoms with E-state index < -0.39 is 17.7 Å². The molecule has 23 heavy (non-hydrogen) atoms. The Morgan fingerprint density at radius 2 is 1.74 bits per heavy atom. The number of hydrogen-bond donors (Lipinski definition) is 2. The second-order valence-electron chi connectivity index (χ2n) is 5.08. The van der Waals surface area contributed by atoms with Crippen molar-refractivity contribution in [1.29, 1.82) is 0 Å². The fourth-order valence-electron chi connectivity index (χ4n) is 2.22. The summed E-state index contributed by atoms with van der Waals surface area (Å²) < 4.78 is 36.8. The second-order valence-corrected chi connectivity index (χ2v) is 5.08. The molecular weight excluding hydrogens is 304 g/mol. The Bertz CT molecular complexity index is 783. The Hall–Kier alpha value is -2.60. The van der Waals surface area contributed by atoms with Gasteiger partial charge in [-0.05, 0) is 18.2 Å². The van der Waals surface area contributed by atoms with Gasteiger partial charge in [-0.1, -0.05) is 6.07 Å². The standard InChI is InChI=1S/C17H15F2NO3/c18-11-6-12(19)8-14(7-11)22-9-13(21)10-23-17-3-1-2-16-15(17)4-5-20-16/h1-8,13,20-21H,9-10H2. The molecule has 6 heteroatoms. The van der Waals surface area contributed by atoms with Gasteiger partial charge in [0, 0.05) is 35.3 Å². The summed E-state index contributed by atoms with van der Waals surface area (Å²) in [5, 5.41) is 10.8. The van der Waals surface area contributed by atoms with Gasteiger partial charge in [0.05, 0.1) is 0 Å². The van der Waals surface area contributed by atoms with Gasteiger partial charge in [0.2, 0.25) is 0 Å². The highest BCUT2D eigenvalue weighted by atomic mass is 19.1. The van der Waals surface area contributed by atoms with Crippen LogP contribution in [0.2, 0.25) is 0 Å². The predicted molar refractivity (Wildman–Crippen MR) is 81.7 cm³/mol. The van der Waals surface area contributed by atoms with E-state index in [4.69, 9.17) is 9.47 Å². The van der Waals surface area contributed by atoms with Crippen LogP contribution < -0.4 is 9.47 Å². The van der Waals surface area contributed by atoms with Gasteiger partial charge in [-0.15, -0.1) is 0 Å². The molecule has 1 aromatic heterocycles. The SMILES string of the molecule is OC(COc1cc(F)cc(F)c1)COc1cccc2[nH]ccc12. The summed E-state index contributed by atoms with van der Waals surface area (Å²) in [5.74, 6) is -0.802. The number of benzene rings is 2. The van der Waals surface area contributed by atoms with Crippen LogP contribution >= 0.6 is 0 Å². The third-order valence-electron chi connectivity index (χ3n) is 3.26. The zero-order valence-electron chi connectivity index (χ0n) is 12.1. The Balaban J connectivity index is 1.55. The fourth-order valence-corrected chi connectivity index (χ4v) is 2.22. The van der Waals surface area contributed by atoms with Crippen molar-refractivity contribution in [2.45, 2.75) is 6.10 Å². The molecule has 0 radical (unpaired) electrons. The largest absolute Gasteiger partial charge is 0.491 e. The quantitative estimate of drug-likeness (QED) is 0.733. The molecule has 1 unspecified atom stereocenters. The van der Waals surface area contributed by atoms with E-state index in [1.165, 1.54) is 0 Å². The zero-order chi connectivity index (χ0) is 16.2. The molecular formula is C17H15F2NO3. The predicted octanol–water partition coefficient (Wildman–Crippen LogP) is 3.26. The molecule has 1 heterocycles. The van der Waals surface area contributed by atoms with Crippen molar-refractivity contribution in [2.75, 3.05) is 13.2 Å². The molecule has 0 fully saturated rings. The van der Waals surface area contributed by atoms with Gasteiger partial charge in [0.25, 0.3) is 0 Å². The van der Waals surface area contributed by atoms with Crippen LogP contribution in [-0.4, -0.2) is 29.4 Å². The number of aliphatic hydroxyl groups excluding tert-OH is 1. The average molecular weight is 319 g/mol. The normalized spacial score (nSPS) is 12.3. The summed E-state index contributed by atoms with van der Waals surface area (Å²) >= 11 is 0. The second kappa shape index (κ2) is 6.66. The van der Waals surface area contributed by atoms with Gasteiger partial charge < -0.3 is 19.6 Å². The molecule has 0 aliphatic heterocycles. The van der Waals surface area contributed by atoms with Crippen molar-refractivity contribution in [2.24, 2.45) is 0 Å². The Morgan fingerprint density at radius 1 is 1.00 bits per heavy atom. The third kappa shape index (κ3) is 3.78. The fraction of sp³-hybridized carbons (Fsp3) is 0.176. The number of ether oxygens (including phenoxy) is 2. The van der Waals surface area contributed by atoms with Gasteiger partial charge in [0.15, 0.2) is 0 Å². The number of fused-ring (bicyclic) bond motifs is 1. The molecule has 3 rings (SSSR count). The van der Waals surface area contributed by atoms with E-state index in [9.17, 15) is 13.9 Å². The van der Waals surface area contributed by atoms with E-state index in [-0.39, 0.29) is 19.0 Å². The molecule has 120 valence electrons. The number of aromatic nitrogens is 1. The average Bonchev–Trinajstić information content (AvgIpc) is 2.99. The number of nitrogens with one attached hydrogen (secondary N) is 1. The molecule has 1 atom stereocenters. The molecule has 0 saturated carbocycles. The van der Waals surface area contributed by atoms with Crippen LogP contribution in [0.3, 0.4) is 0 Å². The molecule has 0 amide bonds. The highest BCUT2D eigenvalue weighted by Gasteiger charge is 2.10. The van der Waals surface area contributed by atoms with Crippen molar-refractivity contribution in [3.63, 3.8) is 0 Å². The van der Waals surface area contributed by atoms with Crippen LogP contribution in [0, 0.1) is 11.6 Å². The minimum atomic E-state index is -0.935. The summed E-state index contributed by atoms with van der Waals surface area (Å²) in [6, 6.07) is 10.3. The lowest BCUT2D eigenvalue weighted by molar-refractivity contribution is 0.0629. The van der Waals surface area contributed by atoms with Crippen LogP contribution in [0.1, 0.15) is 0 Å². The topological polar surface area (TPSA) is 54.5 Å². The van der Waals surface area contributed by atoms with Crippen molar-refractivity contribution in [1.82, 2.24) is 4.98 Å². The van der Waals surface area contributed by atoms with Gasteiger partial charge >= 0.3 is 0 Å². The van der Waals surface area contributed by atoms with Gasteiger partial charge in [-0.2, -0.15) is 0 Å². The summed E-state index contributed by atoms with van der Waals surface area (Å²) in [6.07, 6.45) is 0.866. The number of aliphatic hydroxyl groups is 1. The van der Waals surface area contributed by atoms with Crippen LogP contribution in [0.4, 0.5) is 8.78 Å². The first kappa shape index (κ1) is 15.3. The summed E-state index contributed by atoms with van der Waals surface area (Å²) in [4.78, 5) is 3.07. The number of aromatic amines is 1. The van der Waals surface area contributed by atoms with E-state index in [1.807, 2.05) is 18.2 Å². The van der Waals surface area contributed by atoms with E-state index in [0.717, 1.165) is 29.1 Å². The molecule has 2 aromatic carbocycles. The van der Waals surface area contributed by atoms with E-state index in [0.29, 0.717) is 5.75 Å². The molecule has 0 aliphatic carbocycles. The number of hydrogen-bond acceptors (Lipinski definition) is 3. The molecule has 4 nitrogen and oxygen atoms in total. The Morgan fingerprint density at radius 3 is 2.52 bits per heavy atom. The lowest BCUT2D eigenvalue weighted by Crippen LogP contribution is -2.25. The third-order valence-corrected chi connectivity index (χ3v) is 3.26. The lowest BCUT2D eigenvalue weighted by atomic mass is 10.2. The van der Waals surface area contributed by atoms with Crippen LogP contribution in [0.15, 0.2) is 48.7 Å². The first-order chi connectivity index (χ1) is 11.1. The number of halogens is 2. The summed E-state index contributed by atoms with van der Waals surface area (Å²) in [6.45, 7) is -0.131. The highest BCUT2D eigenvalue weighted by molar-refractivity contribution is 5.85. The molecule has 0 saturated heterocycles. The maximum atomic E-state index is 13.0. The van der Waals surface area contributed by atoms with Gasteiger partial charge in [-0.25, -0.2) is 8.78 Å². The Labute approximate surface area is 131 Å². The monoisotopic (exact) mass is 319 g/mol. The smallest absolute Gasteiger partial charge is 0.129 e. The Kier molecular flexibility index (Phi) is 4.43. The van der Waals surface area contributed by atoms with Crippen LogP contribution in [0.25, 0.3) is 10.9 Å². The first-order valence-corrected chi connectivity index (χ1v) is 7.08. The molecule has 0 aliphatic rings. The maximum Gasteiger partial charge on any atom is 0.129 e. The van der Waals surface area contributed by atoms with Crippen molar-refractivity contribution < 1.29 is 23.4 Å². The lowest BCUT2D eigenvalue weighted by Gasteiger charge is -2.14. The van der Waals surface area contributed by atoms with E-state index >= 15 is 0 Å². The molecule has 0 spiro atoms. The van der Waals surface area contributed by atoms with Crippen molar-refractivity contribution in [3.8, 4) is 11.5 Å². The van der Waals surface area contributed by atoms with E-state index in [2.05, 4.69) is 4.98 Å². The van der Waals surface area contributed by atoms with Crippen LogP contribution in [-0.2, 0) is 0 Å². The van der Waals surface area contributed by atoms with Gasteiger partial charge in [0.1, 0.15) is 42.5 Å². The van der Waals surface area contributed by atoms with Crippen molar-refractivity contribution in [3.05, 3.63) is 60.3 Å². The number of rotatable bonds is 6. The molecule has 3 aromatic rings. The zero-order valence-corrected chi connectivity index (χ0v) is 12.1. The molecule has 2 N–H and O–H groups in total. The molecule has 0 bridgehead atoms. The van der Waals surface area contributed by atoms with Crippen molar-refractivity contribution >= 4 is 10.9 Å². The highest BCUT2D eigenvalue weighted by Crippen LogP contribution is 2.24. The summed E-state index contributed by atoms with van der Waals surface area (Å²) in [7, 11) is 0. The maximum absolute atomic E-state index is 13.0. The summed E-state index contributed by atoms with van der Waals surface area (Å²) in [5.41, 5.74) is 0.934. The minimum absolute atomic E-state index is 0.00207.